The van der Waals surface area contributed by atoms with Crippen LogP contribution in [0.5, 0.6) is 0 Å². The summed E-state index contributed by atoms with van der Waals surface area (Å²) in [6, 6.07) is 9.11. The molecule has 1 aromatic carbocycles. The van der Waals surface area contributed by atoms with E-state index in [1.807, 2.05) is 42.6 Å². The zero-order chi connectivity index (χ0) is 15.2. The van der Waals surface area contributed by atoms with Crippen LogP contribution in [0.3, 0.4) is 0 Å². The van der Waals surface area contributed by atoms with Crippen LogP contribution in [-0.2, 0) is 9.59 Å². The molecule has 0 bridgehead atoms. The molecule has 0 saturated heterocycles. The van der Waals surface area contributed by atoms with Crippen LogP contribution >= 0.6 is 11.3 Å². The molecule has 2 aromatic rings. The van der Waals surface area contributed by atoms with Gasteiger partial charge in [0.25, 0.3) is 0 Å². The molecule has 110 valence electrons. The lowest BCUT2D eigenvalue weighted by Crippen LogP contribution is -2.26. The number of carbonyl (C=O) groups excluding carboxylic acids is 2. The van der Waals surface area contributed by atoms with Crippen LogP contribution in [0.4, 0.5) is 5.13 Å². The first-order valence-corrected chi connectivity index (χ1v) is 7.39. The number of amides is 1. The van der Waals surface area contributed by atoms with Gasteiger partial charge in [-0.05, 0) is 24.8 Å². The maximum atomic E-state index is 12.0. The lowest BCUT2D eigenvalue weighted by atomic mass is 9.92. The normalized spacial score (nSPS) is 11.9. The number of aryl methyl sites for hydroxylation is 1. The van der Waals surface area contributed by atoms with Gasteiger partial charge >= 0.3 is 0 Å². The molecular weight excluding hydrogens is 288 g/mol. The number of carboxylic acid groups (broad SMARTS) is 1. The number of hydrogen-bond acceptors (Lipinski definition) is 5. The van der Waals surface area contributed by atoms with Gasteiger partial charge in [0.05, 0.1) is 5.69 Å². The minimum absolute atomic E-state index is 0.0800. The summed E-state index contributed by atoms with van der Waals surface area (Å²) in [6.45, 7) is 1.84. The average molecular weight is 303 g/mol. The second kappa shape index (κ2) is 6.99. The van der Waals surface area contributed by atoms with E-state index >= 15 is 0 Å². The number of aliphatic carboxylic acids is 1. The number of rotatable bonds is 6. The molecule has 6 heteroatoms. The van der Waals surface area contributed by atoms with Crippen molar-refractivity contribution in [1.29, 1.82) is 0 Å². The summed E-state index contributed by atoms with van der Waals surface area (Å²) < 4.78 is 0. The molecule has 2 rings (SSSR count). The van der Waals surface area contributed by atoms with E-state index in [0.29, 0.717) is 5.13 Å². The van der Waals surface area contributed by atoms with Gasteiger partial charge in [-0.15, -0.1) is 11.3 Å². The van der Waals surface area contributed by atoms with Gasteiger partial charge in [-0.1, -0.05) is 30.3 Å². The van der Waals surface area contributed by atoms with E-state index in [4.69, 9.17) is 0 Å². The van der Waals surface area contributed by atoms with E-state index in [1.54, 1.807) is 0 Å². The van der Waals surface area contributed by atoms with Gasteiger partial charge in [0, 0.05) is 17.8 Å². The Morgan fingerprint density at radius 3 is 2.57 bits per heavy atom. The van der Waals surface area contributed by atoms with Gasteiger partial charge in [-0.25, -0.2) is 4.98 Å². The average Bonchev–Trinajstić information content (AvgIpc) is 2.83. The SMILES string of the molecule is Cc1csc(NC(=O)C[C@H](CC(=O)[O-])c2ccccc2)n1. The molecule has 0 aliphatic carbocycles. The van der Waals surface area contributed by atoms with Crippen molar-refractivity contribution in [2.75, 3.05) is 5.32 Å². The van der Waals surface area contributed by atoms with Crippen LogP contribution in [0.2, 0.25) is 0 Å². The van der Waals surface area contributed by atoms with E-state index in [9.17, 15) is 14.7 Å². The Kier molecular flexibility index (Phi) is 5.05. The van der Waals surface area contributed by atoms with Gasteiger partial charge in [-0.2, -0.15) is 0 Å². The van der Waals surface area contributed by atoms with E-state index in [2.05, 4.69) is 10.3 Å². The first kappa shape index (κ1) is 15.2. The molecule has 1 amide bonds. The highest BCUT2D eigenvalue weighted by molar-refractivity contribution is 7.13. The van der Waals surface area contributed by atoms with E-state index < -0.39 is 11.9 Å². The Labute approximate surface area is 126 Å². The number of nitrogens with one attached hydrogen (secondary N) is 1. The molecule has 21 heavy (non-hydrogen) atoms. The number of thiazole rings is 1. The van der Waals surface area contributed by atoms with Gasteiger partial charge in [0.15, 0.2) is 5.13 Å². The number of carboxylic acids is 1. The van der Waals surface area contributed by atoms with Crippen molar-refractivity contribution in [3.8, 4) is 0 Å². The Morgan fingerprint density at radius 2 is 2.00 bits per heavy atom. The Bertz CT molecular complexity index is 625. The molecule has 0 aliphatic heterocycles. The Balaban J connectivity index is 2.04. The van der Waals surface area contributed by atoms with Crippen LogP contribution in [0.1, 0.15) is 30.0 Å². The quantitative estimate of drug-likeness (QED) is 0.880. The minimum atomic E-state index is -1.17. The first-order valence-electron chi connectivity index (χ1n) is 6.51. The fourth-order valence-corrected chi connectivity index (χ4v) is 2.74. The fourth-order valence-electron chi connectivity index (χ4n) is 2.04. The van der Waals surface area contributed by atoms with Crippen LogP contribution < -0.4 is 10.4 Å². The molecule has 0 saturated carbocycles. The maximum absolute atomic E-state index is 12.0. The van der Waals surface area contributed by atoms with E-state index in [-0.39, 0.29) is 18.7 Å². The highest BCUT2D eigenvalue weighted by Gasteiger charge is 2.17. The molecule has 0 fully saturated rings. The Hall–Kier alpha value is -2.21. The number of anilines is 1. The summed E-state index contributed by atoms with van der Waals surface area (Å²) in [7, 11) is 0. The predicted octanol–water partition coefficient (Wildman–Crippen LogP) is 1.70. The molecule has 1 aromatic heterocycles. The van der Waals surface area contributed by atoms with Crippen LogP contribution in [0, 0.1) is 6.92 Å². The van der Waals surface area contributed by atoms with E-state index in [1.165, 1.54) is 11.3 Å². The lowest BCUT2D eigenvalue weighted by molar-refractivity contribution is -0.306. The summed E-state index contributed by atoms with van der Waals surface area (Å²) >= 11 is 1.34. The van der Waals surface area contributed by atoms with Gasteiger partial charge in [0.1, 0.15) is 0 Å². The monoisotopic (exact) mass is 303 g/mol. The van der Waals surface area contributed by atoms with Crippen molar-refractivity contribution in [1.82, 2.24) is 4.98 Å². The fraction of sp³-hybridized carbons (Fsp3) is 0.267. The summed E-state index contributed by atoms with van der Waals surface area (Å²) in [6.07, 6.45) is -0.106. The van der Waals surface area contributed by atoms with Crippen molar-refractivity contribution in [2.24, 2.45) is 0 Å². The number of nitrogens with zero attached hydrogens (tertiary/aromatic N) is 1. The molecule has 5 nitrogen and oxygen atoms in total. The maximum Gasteiger partial charge on any atom is 0.226 e. The summed E-state index contributed by atoms with van der Waals surface area (Å²) in [5.74, 6) is -1.82. The summed E-state index contributed by atoms with van der Waals surface area (Å²) in [5.41, 5.74) is 1.65. The highest BCUT2D eigenvalue weighted by Crippen LogP contribution is 2.24. The molecule has 1 heterocycles. The van der Waals surface area contributed by atoms with Crippen LogP contribution in [0.25, 0.3) is 0 Å². The Morgan fingerprint density at radius 1 is 1.29 bits per heavy atom. The largest absolute Gasteiger partial charge is 0.550 e. The lowest BCUT2D eigenvalue weighted by Gasteiger charge is -2.17. The van der Waals surface area contributed by atoms with Crippen molar-refractivity contribution in [2.45, 2.75) is 25.7 Å². The van der Waals surface area contributed by atoms with Crippen LogP contribution in [0.15, 0.2) is 35.7 Å². The number of benzene rings is 1. The number of aromatic nitrogens is 1. The molecule has 0 spiro atoms. The zero-order valence-corrected chi connectivity index (χ0v) is 12.4. The van der Waals surface area contributed by atoms with Gasteiger partial charge < -0.3 is 15.2 Å². The number of hydrogen-bond donors (Lipinski definition) is 1. The highest BCUT2D eigenvalue weighted by atomic mass is 32.1. The molecular formula is C15H15N2O3S-. The minimum Gasteiger partial charge on any atom is -0.550 e. The zero-order valence-electron chi connectivity index (χ0n) is 11.5. The van der Waals surface area contributed by atoms with Crippen LogP contribution in [-0.4, -0.2) is 16.9 Å². The topological polar surface area (TPSA) is 82.1 Å². The molecule has 0 unspecified atom stereocenters. The van der Waals surface area contributed by atoms with Crippen molar-refractivity contribution in [3.63, 3.8) is 0 Å². The molecule has 1 N–H and O–H groups in total. The molecule has 0 radical (unpaired) electrons. The first-order chi connectivity index (χ1) is 10.0. The smallest absolute Gasteiger partial charge is 0.226 e. The van der Waals surface area contributed by atoms with Crippen molar-refractivity contribution in [3.05, 3.63) is 47.0 Å². The van der Waals surface area contributed by atoms with E-state index in [0.717, 1.165) is 11.3 Å². The predicted molar refractivity (Wildman–Crippen MR) is 78.9 cm³/mol. The molecule has 0 aliphatic rings. The third kappa shape index (κ3) is 4.68. The van der Waals surface area contributed by atoms with Gasteiger partial charge in [-0.3, -0.25) is 4.79 Å². The van der Waals surface area contributed by atoms with Crippen molar-refractivity contribution < 1.29 is 14.7 Å². The third-order valence-electron chi connectivity index (χ3n) is 2.98. The van der Waals surface area contributed by atoms with Crippen molar-refractivity contribution >= 4 is 28.3 Å². The number of carbonyl (C=O) groups is 2. The standard InChI is InChI=1S/C15H16N2O3S/c1-10-9-21-15(16-10)17-13(18)7-12(8-14(19)20)11-5-3-2-4-6-11/h2-6,9,12H,7-8H2,1H3,(H,19,20)(H,16,17,18)/p-1/t12-/m1/s1. The molecule has 1 atom stereocenters. The second-order valence-electron chi connectivity index (χ2n) is 4.73. The second-order valence-corrected chi connectivity index (χ2v) is 5.59. The summed E-state index contributed by atoms with van der Waals surface area (Å²) in [4.78, 5) is 27.1. The van der Waals surface area contributed by atoms with Gasteiger partial charge in [0.2, 0.25) is 5.91 Å². The summed E-state index contributed by atoms with van der Waals surface area (Å²) in [5, 5.41) is 15.9. The third-order valence-corrected chi connectivity index (χ3v) is 3.86.